The molecule has 0 saturated heterocycles. The first-order chi connectivity index (χ1) is 14.1. The Kier molecular flexibility index (Phi) is 6.66. The van der Waals surface area contributed by atoms with Gasteiger partial charge in [0.1, 0.15) is 11.6 Å². The first-order valence-electron chi connectivity index (χ1n) is 8.91. The highest BCUT2D eigenvalue weighted by Gasteiger charge is 2.06. The third kappa shape index (κ3) is 5.46. The van der Waals surface area contributed by atoms with Crippen LogP contribution in [0.25, 0.3) is 0 Å². The summed E-state index contributed by atoms with van der Waals surface area (Å²) in [5.41, 5.74) is 2.29. The van der Waals surface area contributed by atoms with Crippen LogP contribution in [0.3, 0.4) is 0 Å². The van der Waals surface area contributed by atoms with Crippen LogP contribution in [0.5, 0.6) is 5.75 Å². The first-order valence-corrected chi connectivity index (χ1v) is 10.2. The number of aromatic nitrogens is 2. The van der Waals surface area contributed by atoms with Crippen LogP contribution in [-0.2, 0) is 10.6 Å². The Labute approximate surface area is 171 Å². The first kappa shape index (κ1) is 20.2. The van der Waals surface area contributed by atoms with Crippen molar-refractivity contribution >= 4 is 28.0 Å². The molecule has 8 heteroatoms. The molecular formula is C21H21N5O2S. The van der Waals surface area contributed by atoms with Gasteiger partial charge >= 0.3 is 0 Å². The average molecular weight is 407 g/mol. The van der Waals surface area contributed by atoms with E-state index in [0.717, 1.165) is 17.0 Å². The highest BCUT2D eigenvalue weighted by Crippen LogP contribution is 2.18. The number of methoxy groups -OCH3 is 1. The predicted octanol–water partition coefficient (Wildman–Crippen LogP) is 3.66. The van der Waals surface area contributed by atoms with E-state index in [0.29, 0.717) is 28.8 Å². The number of rotatable bonds is 6. The average Bonchev–Trinajstić information content (AvgIpc) is 2.74. The zero-order valence-corrected chi connectivity index (χ0v) is 17.0. The molecule has 0 bridgehead atoms. The lowest BCUT2D eigenvalue weighted by atomic mass is 10.2. The van der Waals surface area contributed by atoms with Gasteiger partial charge in [-0.05, 0) is 55.5 Å². The molecule has 29 heavy (non-hydrogen) atoms. The molecule has 0 aliphatic rings. The number of anilines is 3. The normalized spacial score (nSPS) is 11.1. The number of nitrogens with one attached hydrogen (secondary N) is 3. The van der Waals surface area contributed by atoms with Crippen molar-refractivity contribution in [2.24, 2.45) is 0 Å². The molecule has 1 heterocycles. The molecule has 0 fully saturated rings. The summed E-state index contributed by atoms with van der Waals surface area (Å²) in [6.07, 6.45) is 1.67. The third-order valence-corrected chi connectivity index (χ3v) is 4.69. The van der Waals surface area contributed by atoms with Crippen LogP contribution >= 0.6 is 0 Å². The molecule has 0 aliphatic heterocycles. The summed E-state index contributed by atoms with van der Waals surface area (Å²) in [7, 11) is -0.473. The molecular weight excluding hydrogens is 386 g/mol. The maximum Gasteiger partial charge on any atom is 0.229 e. The van der Waals surface area contributed by atoms with E-state index >= 15 is 0 Å². The second kappa shape index (κ2) is 9.57. The Balaban J connectivity index is 1.82. The summed E-state index contributed by atoms with van der Waals surface area (Å²) >= 11 is 0. The lowest BCUT2D eigenvalue weighted by molar-refractivity contribution is 0.415. The lowest BCUT2D eigenvalue weighted by Crippen LogP contribution is -2.06. The largest absolute Gasteiger partial charge is 0.497 e. The van der Waals surface area contributed by atoms with Crippen molar-refractivity contribution in [1.82, 2.24) is 9.97 Å². The summed E-state index contributed by atoms with van der Waals surface area (Å²) in [6, 6.07) is 14.3. The van der Waals surface area contributed by atoms with Gasteiger partial charge < -0.3 is 15.4 Å². The van der Waals surface area contributed by atoms with Crippen molar-refractivity contribution in [2.45, 2.75) is 11.8 Å². The van der Waals surface area contributed by atoms with Crippen LogP contribution in [0.2, 0.25) is 0 Å². The molecule has 1 aromatic heterocycles. The molecule has 3 aromatic rings. The van der Waals surface area contributed by atoms with Crippen LogP contribution in [0.1, 0.15) is 18.1 Å². The zero-order valence-electron chi connectivity index (χ0n) is 16.1. The van der Waals surface area contributed by atoms with Gasteiger partial charge in [-0.1, -0.05) is 11.8 Å². The molecule has 0 aliphatic carbocycles. The van der Waals surface area contributed by atoms with Gasteiger partial charge in [-0.15, -0.1) is 0 Å². The number of thiol groups is 1. The summed E-state index contributed by atoms with van der Waals surface area (Å²) in [4.78, 5) is 9.31. The van der Waals surface area contributed by atoms with E-state index in [2.05, 4.69) is 32.4 Å². The molecule has 0 spiro atoms. The van der Waals surface area contributed by atoms with Crippen LogP contribution < -0.4 is 15.4 Å². The highest BCUT2D eigenvalue weighted by molar-refractivity contribution is 7.73. The summed E-state index contributed by atoms with van der Waals surface area (Å²) in [5, 5.41) is 6.31. The Bertz CT molecular complexity index is 1110. The van der Waals surface area contributed by atoms with E-state index in [-0.39, 0.29) is 0 Å². The molecule has 3 rings (SSSR count). The Hall–Kier alpha value is -3.57. The lowest BCUT2D eigenvalue weighted by Gasteiger charge is -2.09. The monoisotopic (exact) mass is 407 g/mol. The van der Waals surface area contributed by atoms with Crippen molar-refractivity contribution < 1.29 is 8.95 Å². The van der Waals surface area contributed by atoms with Crippen molar-refractivity contribution in [3.63, 3.8) is 0 Å². The second-order valence-corrected chi connectivity index (χ2v) is 7.04. The molecule has 0 saturated carbocycles. The van der Waals surface area contributed by atoms with E-state index in [1.54, 1.807) is 37.6 Å². The van der Waals surface area contributed by atoms with Crippen LogP contribution in [0, 0.1) is 16.6 Å². The molecule has 0 radical (unpaired) electrons. The molecule has 148 valence electrons. The summed E-state index contributed by atoms with van der Waals surface area (Å²) in [6.45, 7) is 2.68. The number of hydrogen-bond acceptors (Lipinski definition) is 7. The fraction of sp³-hybridized carbons (Fsp3) is 0.143. The van der Waals surface area contributed by atoms with Crippen LogP contribution in [0.4, 0.5) is 17.5 Å². The van der Waals surface area contributed by atoms with Crippen LogP contribution in [-0.4, -0.2) is 27.8 Å². The van der Waals surface area contributed by atoms with E-state index < -0.39 is 10.6 Å². The van der Waals surface area contributed by atoms with Crippen molar-refractivity contribution in [3.05, 3.63) is 65.9 Å². The molecule has 2 aromatic carbocycles. The van der Waals surface area contributed by atoms with Gasteiger partial charge in [0, 0.05) is 22.7 Å². The van der Waals surface area contributed by atoms with Gasteiger partial charge in [0.15, 0.2) is 0 Å². The number of hydrogen-bond donors (Lipinski definition) is 4. The Morgan fingerprint density at radius 1 is 1.10 bits per heavy atom. The molecule has 0 amide bonds. The van der Waals surface area contributed by atoms with E-state index in [9.17, 15) is 4.21 Å². The number of ether oxygens (including phenoxy) is 1. The van der Waals surface area contributed by atoms with Crippen LogP contribution in [0.15, 0.2) is 59.6 Å². The van der Waals surface area contributed by atoms with Gasteiger partial charge in [0.05, 0.1) is 29.5 Å². The molecule has 7 nitrogen and oxygen atoms in total. The molecule has 1 unspecified atom stereocenters. The SMILES string of the molecule is CCNc1nc(Nc2ccc([SH](=N)=O)cc2)ncc1C#Cc1ccc(OC)cc1. The minimum absolute atomic E-state index is 0.416. The maximum absolute atomic E-state index is 11.2. The number of nitrogens with zero attached hydrogens (tertiary/aromatic N) is 2. The minimum Gasteiger partial charge on any atom is -0.497 e. The smallest absolute Gasteiger partial charge is 0.229 e. The van der Waals surface area contributed by atoms with Gasteiger partial charge in [0.25, 0.3) is 0 Å². The second-order valence-electron chi connectivity index (χ2n) is 5.93. The van der Waals surface area contributed by atoms with Crippen molar-refractivity contribution in [2.75, 3.05) is 24.3 Å². The van der Waals surface area contributed by atoms with Gasteiger partial charge in [-0.3, -0.25) is 4.78 Å². The molecule has 1 atom stereocenters. The zero-order chi connectivity index (χ0) is 20.6. The summed E-state index contributed by atoms with van der Waals surface area (Å²) in [5.74, 6) is 8.04. The van der Waals surface area contributed by atoms with Gasteiger partial charge in [-0.25, -0.2) is 9.19 Å². The third-order valence-electron chi connectivity index (χ3n) is 3.92. The van der Waals surface area contributed by atoms with Crippen molar-refractivity contribution in [1.29, 1.82) is 4.78 Å². The summed E-state index contributed by atoms with van der Waals surface area (Å²) < 4.78 is 23.6. The minimum atomic E-state index is -2.10. The van der Waals surface area contributed by atoms with E-state index in [1.807, 2.05) is 31.2 Å². The van der Waals surface area contributed by atoms with Gasteiger partial charge in [0.2, 0.25) is 5.95 Å². The quantitative estimate of drug-likeness (QED) is 0.368. The highest BCUT2D eigenvalue weighted by atomic mass is 32.2. The van der Waals surface area contributed by atoms with E-state index in [1.165, 1.54) is 0 Å². The topological polar surface area (TPSA) is 100.0 Å². The van der Waals surface area contributed by atoms with Gasteiger partial charge in [-0.2, -0.15) is 4.98 Å². The predicted molar refractivity (Wildman–Crippen MR) is 115 cm³/mol. The number of benzene rings is 2. The Morgan fingerprint density at radius 2 is 1.83 bits per heavy atom. The van der Waals surface area contributed by atoms with Crippen molar-refractivity contribution in [3.8, 4) is 17.6 Å². The molecule has 3 N–H and O–H groups in total. The Morgan fingerprint density at radius 3 is 2.45 bits per heavy atom. The fourth-order valence-electron chi connectivity index (χ4n) is 2.46. The van der Waals surface area contributed by atoms with E-state index in [4.69, 9.17) is 9.52 Å². The fourth-order valence-corrected chi connectivity index (χ4v) is 2.88. The standard InChI is InChI=1S/C21H21N5O2S/c1-3-23-20-16(7-4-15-5-10-18(28-2)11-6-15)14-24-21(26-20)25-17-8-12-19(13-9-17)29(22)27/h5-6,8-14,22,29H,3H2,1-2H3,(H2,23,24,25,26). The maximum atomic E-state index is 11.2.